The Kier molecular flexibility index (Phi) is 5.32. The van der Waals surface area contributed by atoms with E-state index in [0.717, 1.165) is 5.69 Å². The Morgan fingerprint density at radius 1 is 1.24 bits per heavy atom. The van der Waals surface area contributed by atoms with Crippen LogP contribution in [0.2, 0.25) is 0 Å². The Bertz CT molecular complexity index is 611. The zero-order valence-electron chi connectivity index (χ0n) is 13.6. The van der Waals surface area contributed by atoms with Crippen LogP contribution in [0.3, 0.4) is 0 Å². The molecule has 1 heterocycles. The Labute approximate surface area is 128 Å². The molecule has 0 aliphatic heterocycles. The summed E-state index contributed by atoms with van der Waals surface area (Å²) in [4.78, 5) is 4.56. The minimum Gasteiger partial charge on any atom is -0.256 e. The number of nitrogens with zero attached hydrogens (tertiary/aromatic N) is 1. The van der Waals surface area contributed by atoms with Crippen molar-refractivity contribution in [2.75, 3.05) is 0 Å². The van der Waals surface area contributed by atoms with Gasteiger partial charge in [0.1, 0.15) is 0 Å². The van der Waals surface area contributed by atoms with Gasteiger partial charge in [0.25, 0.3) is 0 Å². The van der Waals surface area contributed by atoms with Crippen molar-refractivity contribution >= 4 is 5.57 Å². The van der Waals surface area contributed by atoms with Crippen LogP contribution in [-0.2, 0) is 0 Å². The smallest absolute Gasteiger partial charge is 0.0705 e. The van der Waals surface area contributed by atoms with Crippen LogP contribution in [0.1, 0.15) is 57.6 Å². The SMILES string of the molecule is C/C=C(\C)c1ccc(C(C)CCC)c(-c2ccccn2)c1. The third kappa shape index (κ3) is 3.60. The highest BCUT2D eigenvalue weighted by Crippen LogP contribution is 2.33. The summed E-state index contributed by atoms with van der Waals surface area (Å²) >= 11 is 0. The minimum atomic E-state index is 0.562. The molecule has 0 saturated carbocycles. The lowest BCUT2D eigenvalue weighted by molar-refractivity contribution is 0.666. The normalized spacial score (nSPS) is 13.2. The van der Waals surface area contributed by atoms with Crippen molar-refractivity contribution in [3.05, 3.63) is 59.8 Å². The van der Waals surface area contributed by atoms with E-state index in [-0.39, 0.29) is 0 Å². The molecule has 2 aromatic rings. The van der Waals surface area contributed by atoms with Gasteiger partial charge in [-0.15, -0.1) is 0 Å². The molecule has 2 rings (SSSR count). The molecule has 1 atom stereocenters. The predicted octanol–water partition coefficient (Wildman–Crippen LogP) is 6.08. The zero-order chi connectivity index (χ0) is 15.2. The van der Waals surface area contributed by atoms with Crippen molar-refractivity contribution < 1.29 is 0 Å². The summed E-state index contributed by atoms with van der Waals surface area (Å²) in [5.41, 5.74) is 6.34. The van der Waals surface area contributed by atoms with Gasteiger partial charge in [-0.05, 0) is 61.1 Å². The first-order chi connectivity index (χ1) is 10.2. The number of hydrogen-bond donors (Lipinski definition) is 0. The lowest BCUT2D eigenvalue weighted by atomic mass is 9.88. The van der Waals surface area contributed by atoms with Gasteiger partial charge < -0.3 is 0 Å². The largest absolute Gasteiger partial charge is 0.256 e. The maximum atomic E-state index is 4.56. The van der Waals surface area contributed by atoms with Crippen molar-refractivity contribution in [3.8, 4) is 11.3 Å². The number of benzene rings is 1. The summed E-state index contributed by atoms with van der Waals surface area (Å²) in [5, 5.41) is 0. The molecule has 0 aliphatic carbocycles. The van der Waals surface area contributed by atoms with E-state index in [0.29, 0.717) is 5.92 Å². The summed E-state index contributed by atoms with van der Waals surface area (Å²) in [5.74, 6) is 0.562. The fourth-order valence-corrected chi connectivity index (χ4v) is 2.73. The maximum Gasteiger partial charge on any atom is 0.0705 e. The molecule has 0 spiro atoms. The highest BCUT2D eigenvalue weighted by molar-refractivity contribution is 5.73. The van der Waals surface area contributed by atoms with Crippen LogP contribution in [0.4, 0.5) is 0 Å². The molecule has 0 aliphatic rings. The van der Waals surface area contributed by atoms with E-state index >= 15 is 0 Å². The van der Waals surface area contributed by atoms with Crippen molar-refractivity contribution in [2.45, 2.75) is 46.5 Å². The molecule has 0 saturated heterocycles. The van der Waals surface area contributed by atoms with Crippen LogP contribution in [0, 0.1) is 0 Å². The van der Waals surface area contributed by atoms with Crippen molar-refractivity contribution in [1.29, 1.82) is 0 Å². The predicted molar refractivity (Wildman–Crippen MR) is 92.3 cm³/mol. The summed E-state index contributed by atoms with van der Waals surface area (Å²) in [6, 6.07) is 13.0. The first kappa shape index (κ1) is 15.5. The first-order valence-corrected chi connectivity index (χ1v) is 7.86. The molecular weight excluding hydrogens is 254 g/mol. The third-order valence-electron chi connectivity index (χ3n) is 4.14. The summed E-state index contributed by atoms with van der Waals surface area (Å²) in [7, 11) is 0. The number of pyridine rings is 1. The number of allylic oxidation sites excluding steroid dienone is 2. The van der Waals surface area contributed by atoms with Crippen LogP contribution in [0.25, 0.3) is 16.8 Å². The minimum absolute atomic E-state index is 0.562. The van der Waals surface area contributed by atoms with E-state index in [1.807, 2.05) is 12.3 Å². The molecule has 0 radical (unpaired) electrons. The molecule has 110 valence electrons. The van der Waals surface area contributed by atoms with Crippen LogP contribution < -0.4 is 0 Å². The fraction of sp³-hybridized carbons (Fsp3) is 0.350. The van der Waals surface area contributed by atoms with Crippen LogP contribution >= 0.6 is 0 Å². The van der Waals surface area contributed by atoms with Gasteiger partial charge in [-0.3, -0.25) is 4.98 Å². The van der Waals surface area contributed by atoms with Gasteiger partial charge in [-0.25, -0.2) is 0 Å². The van der Waals surface area contributed by atoms with Gasteiger partial charge in [0.15, 0.2) is 0 Å². The average molecular weight is 279 g/mol. The van der Waals surface area contributed by atoms with Crippen LogP contribution in [-0.4, -0.2) is 4.98 Å². The topological polar surface area (TPSA) is 12.9 Å². The van der Waals surface area contributed by atoms with Crippen molar-refractivity contribution in [1.82, 2.24) is 4.98 Å². The van der Waals surface area contributed by atoms with Gasteiger partial charge in [-0.2, -0.15) is 0 Å². The van der Waals surface area contributed by atoms with Gasteiger partial charge in [0.2, 0.25) is 0 Å². The Hall–Kier alpha value is -1.89. The number of aromatic nitrogens is 1. The summed E-state index contributed by atoms with van der Waals surface area (Å²) < 4.78 is 0. The quantitative estimate of drug-likeness (QED) is 0.646. The molecule has 1 aromatic heterocycles. The monoisotopic (exact) mass is 279 g/mol. The molecule has 1 heteroatoms. The van der Waals surface area contributed by atoms with E-state index in [1.54, 1.807) is 0 Å². The molecular formula is C20H25N. The number of rotatable bonds is 5. The fourth-order valence-electron chi connectivity index (χ4n) is 2.73. The molecule has 1 unspecified atom stereocenters. The van der Waals surface area contributed by atoms with Gasteiger partial charge in [-0.1, -0.05) is 44.5 Å². The van der Waals surface area contributed by atoms with Crippen molar-refractivity contribution in [3.63, 3.8) is 0 Å². The molecule has 0 amide bonds. The highest BCUT2D eigenvalue weighted by atomic mass is 14.7. The summed E-state index contributed by atoms with van der Waals surface area (Å²) in [6.45, 7) is 8.80. The first-order valence-electron chi connectivity index (χ1n) is 7.86. The molecule has 0 fully saturated rings. The van der Waals surface area contributed by atoms with E-state index in [9.17, 15) is 0 Å². The van der Waals surface area contributed by atoms with Crippen LogP contribution in [0.5, 0.6) is 0 Å². The van der Waals surface area contributed by atoms with Gasteiger partial charge in [0.05, 0.1) is 5.69 Å². The molecule has 1 nitrogen and oxygen atoms in total. The summed E-state index contributed by atoms with van der Waals surface area (Å²) in [6.07, 6.45) is 6.45. The standard InChI is InChI=1S/C20H25N/c1-5-9-16(4)18-12-11-17(15(3)6-2)14-19(18)20-10-7-8-13-21-20/h6-8,10-14,16H,5,9H2,1-4H3/b15-6+. The van der Waals surface area contributed by atoms with Gasteiger partial charge >= 0.3 is 0 Å². The van der Waals surface area contributed by atoms with E-state index in [4.69, 9.17) is 0 Å². The van der Waals surface area contributed by atoms with E-state index in [2.05, 4.69) is 69.1 Å². The van der Waals surface area contributed by atoms with E-state index in [1.165, 1.54) is 35.1 Å². The Balaban J connectivity index is 2.55. The Morgan fingerprint density at radius 3 is 2.67 bits per heavy atom. The van der Waals surface area contributed by atoms with Crippen LogP contribution in [0.15, 0.2) is 48.7 Å². The number of hydrogen-bond acceptors (Lipinski definition) is 1. The average Bonchev–Trinajstić information content (AvgIpc) is 2.54. The molecule has 0 N–H and O–H groups in total. The molecule has 1 aromatic carbocycles. The molecule has 21 heavy (non-hydrogen) atoms. The molecule has 0 bridgehead atoms. The van der Waals surface area contributed by atoms with E-state index < -0.39 is 0 Å². The maximum absolute atomic E-state index is 4.56. The second-order valence-corrected chi connectivity index (χ2v) is 5.68. The zero-order valence-corrected chi connectivity index (χ0v) is 13.6. The lowest BCUT2D eigenvalue weighted by Gasteiger charge is -2.17. The lowest BCUT2D eigenvalue weighted by Crippen LogP contribution is -1.98. The third-order valence-corrected chi connectivity index (χ3v) is 4.14. The second-order valence-electron chi connectivity index (χ2n) is 5.68. The van der Waals surface area contributed by atoms with Crippen molar-refractivity contribution in [2.24, 2.45) is 0 Å². The highest BCUT2D eigenvalue weighted by Gasteiger charge is 2.13. The second kappa shape index (κ2) is 7.21. The van der Waals surface area contributed by atoms with Gasteiger partial charge in [0, 0.05) is 11.8 Å². The Morgan fingerprint density at radius 2 is 2.05 bits per heavy atom.